The molecule has 1 saturated carbocycles. The van der Waals surface area contributed by atoms with Gasteiger partial charge in [0.2, 0.25) is 0 Å². The zero-order valence-corrected chi connectivity index (χ0v) is 9.61. The normalized spacial score (nSPS) is 54.6. The molecular weight excluding hydrogens is 186 g/mol. The summed E-state index contributed by atoms with van der Waals surface area (Å²) in [7, 11) is 2.31. The number of hydrogen-bond donors (Lipinski definition) is 0. The van der Waals surface area contributed by atoms with Crippen molar-refractivity contribution in [3.05, 3.63) is 0 Å². The van der Waals surface area contributed by atoms with Crippen LogP contribution in [0.4, 0.5) is 0 Å². The predicted octanol–water partition coefficient (Wildman–Crippen LogP) is 2.18. The van der Waals surface area contributed by atoms with Crippen molar-refractivity contribution in [2.45, 2.75) is 68.7 Å². The Morgan fingerprint density at radius 1 is 1.13 bits per heavy atom. The topological polar surface area (TPSA) is 15.8 Å². The average Bonchev–Trinajstić information content (AvgIpc) is 2.58. The molecular formula is C13H21NO. The molecule has 4 atom stereocenters. The minimum atomic E-state index is 0.370. The number of hydrogen-bond acceptors (Lipinski definition) is 2. The average molecular weight is 207 g/mol. The molecule has 0 spiro atoms. The molecule has 0 N–H and O–H groups in total. The molecule has 3 unspecified atom stereocenters. The lowest BCUT2D eigenvalue weighted by molar-refractivity contribution is 0.143. The van der Waals surface area contributed by atoms with Crippen molar-refractivity contribution in [3.63, 3.8) is 0 Å². The Labute approximate surface area is 92.0 Å². The van der Waals surface area contributed by atoms with Gasteiger partial charge in [0.1, 0.15) is 11.7 Å². The molecule has 2 nitrogen and oxygen atoms in total. The minimum absolute atomic E-state index is 0.370. The summed E-state index contributed by atoms with van der Waals surface area (Å²) in [6.45, 7) is 0. The first-order valence-corrected chi connectivity index (χ1v) is 6.71. The molecule has 4 rings (SSSR count). The summed E-state index contributed by atoms with van der Waals surface area (Å²) in [6.07, 6.45) is 10.6. The third-order valence-corrected chi connectivity index (χ3v) is 5.62. The third kappa shape index (κ3) is 1.03. The molecule has 0 amide bonds. The van der Waals surface area contributed by atoms with Crippen molar-refractivity contribution in [1.29, 1.82) is 0 Å². The van der Waals surface area contributed by atoms with Crippen LogP contribution in [0.5, 0.6) is 0 Å². The first-order valence-electron chi connectivity index (χ1n) is 6.71. The Morgan fingerprint density at radius 3 is 2.73 bits per heavy atom. The molecule has 15 heavy (non-hydrogen) atoms. The predicted molar refractivity (Wildman–Crippen MR) is 58.8 cm³/mol. The fraction of sp³-hybridized carbons (Fsp3) is 1.00. The van der Waals surface area contributed by atoms with E-state index in [9.17, 15) is 0 Å². The molecule has 2 bridgehead atoms. The van der Waals surface area contributed by atoms with Crippen molar-refractivity contribution in [3.8, 4) is 0 Å². The van der Waals surface area contributed by atoms with E-state index in [1.54, 1.807) is 0 Å². The molecule has 3 aliphatic heterocycles. The number of fused-ring (bicyclic) bond motifs is 4. The smallest absolute Gasteiger partial charge is 0.103 e. The maximum absolute atomic E-state index is 6.21. The van der Waals surface area contributed by atoms with Crippen LogP contribution in [0.25, 0.3) is 0 Å². The van der Waals surface area contributed by atoms with E-state index < -0.39 is 0 Å². The highest BCUT2D eigenvalue weighted by Crippen LogP contribution is 2.60. The molecule has 0 aromatic carbocycles. The molecule has 3 heterocycles. The highest BCUT2D eigenvalue weighted by molar-refractivity contribution is 5.20. The van der Waals surface area contributed by atoms with Crippen molar-refractivity contribution in [2.75, 3.05) is 7.05 Å². The highest BCUT2D eigenvalue weighted by atomic mass is 16.6. The summed E-state index contributed by atoms with van der Waals surface area (Å²) < 4.78 is 6.21. The summed E-state index contributed by atoms with van der Waals surface area (Å²) in [6, 6.07) is 1.61. The molecule has 2 heteroatoms. The van der Waals surface area contributed by atoms with Crippen LogP contribution in [0.15, 0.2) is 0 Å². The summed E-state index contributed by atoms with van der Waals surface area (Å²) in [5, 5.41) is 0. The summed E-state index contributed by atoms with van der Waals surface area (Å²) in [5.41, 5.74) is 0.370. The fourth-order valence-corrected chi connectivity index (χ4v) is 4.70. The second-order valence-electron chi connectivity index (χ2n) is 6.14. The van der Waals surface area contributed by atoms with Gasteiger partial charge in [-0.05, 0) is 45.1 Å². The molecule has 4 aliphatic rings. The van der Waals surface area contributed by atoms with E-state index in [-0.39, 0.29) is 0 Å². The van der Waals surface area contributed by atoms with Gasteiger partial charge in [-0.2, -0.15) is 0 Å². The van der Waals surface area contributed by atoms with E-state index in [1.165, 1.54) is 44.9 Å². The lowest BCUT2D eigenvalue weighted by atomic mass is 9.79. The number of likely N-dealkylation sites (N-methyl/N-ethyl adjacent to an activating group) is 1. The van der Waals surface area contributed by atoms with E-state index in [1.807, 2.05) is 0 Å². The van der Waals surface area contributed by atoms with Gasteiger partial charge in [-0.15, -0.1) is 0 Å². The number of nitrogens with zero attached hydrogens (tertiary/aromatic N) is 1. The lowest BCUT2D eigenvalue weighted by Crippen LogP contribution is -2.47. The molecule has 0 aromatic rings. The lowest BCUT2D eigenvalue weighted by Gasteiger charge is -2.35. The molecule has 0 radical (unpaired) electrons. The van der Waals surface area contributed by atoms with E-state index >= 15 is 0 Å². The molecule has 4 fully saturated rings. The summed E-state index contributed by atoms with van der Waals surface area (Å²) >= 11 is 0. The SMILES string of the molecule is CN1C2CCC1C1O[C@@]1(C1CCCC1)C2. The van der Waals surface area contributed by atoms with Gasteiger partial charge in [-0.3, -0.25) is 4.90 Å². The van der Waals surface area contributed by atoms with Crippen LogP contribution in [0.2, 0.25) is 0 Å². The maximum atomic E-state index is 6.21. The van der Waals surface area contributed by atoms with Gasteiger partial charge in [0.25, 0.3) is 0 Å². The van der Waals surface area contributed by atoms with Crippen molar-refractivity contribution < 1.29 is 4.74 Å². The Bertz CT molecular complexity index is 286. The van der Waals surface area contributed by atoms with Gasteiger partial charge in [-0.1, -0.05) is 12.8 Å². The van der Waals surface area contributed by atoms with Crippen LogP contribution in [0.1, 0.15) is 44.9 Å². The Kier molecular flexibility index (Phi) is 1.67. The first kappa shape index (κ1) is 9.00. The van der Waals surface area contributed by atoms with Gasteiger partial charge in [0.15, 0.2) is 0 Å². The highest BCUT2D eigenvalue weighted by Gasteiger charge is 2.69. The van der Waals surface area contributed by atoms with Crippen molar-refractivity contribution >= 4 is 0 Å². The van der Waals surface area contributed by atoms with Crippen molar-refractivity contribution in [2.24, 2.45) is 5.92 Å². The van der Waals surface area contributed by atoms with Crippen molar-refractivity contribution in [1.82, 2.24) is 4.90 Å². The van der Waals surface area contributed by atoms with Crippen LogP contribution in [0.3, 0.4) is 0 Å². The number of piperidine rings is 1. The largest absolute Gasteiger partial charge is 0.364 e. The minimum Gasteiger partial charge on any atom is -0.364 e. The van der Waals surface area contributed by atoms with Gasteiger partial charge in [0.05, 0.1) is 0 Å². The Hall–Kier alpha value is -0.0800. The van der Waals surface area contributed by atoms with Crippen LogP contribution in [-0.2, 0) is 4.74 Å². The summed E-state index contributed by atoms with van der Waals surface area (Å²) in [4.78, 5) is 2.60. The van der Waals surface area contributed by atoms with E-state index in [2.05, 4.69) is 11.9 Å². The van der Waals surface area contributed by atoms with Crippen LogP contribution in [0, 0.1) is 5.92 Å². The maximum Gasteiger partial charge on any atom is 0.103 e. The second-order valence-corrected chi connectivity index (χ2v) is 6.14. The fourth-order valence-electron chi connectivity index (χ4n) is 4.70. The summed E-state index contributed by atoms with van der Waals surface area (Å²) in [5.74, 6) is 0.916. The van der Waals surface area contributed by atoms with Crippen LogP contribution < -0.4 is 0 Å². The van der Waals surface area contributed by atoms with Crippen LogP contribution in [-0.4, -0.2) is 35.7 Å². The number of ether oxygens (including phenoxy) is 1. The molecule has 0 aromatic heterocycles. The van der Waals surface area contributed by atoms with Gasteiger partial charge in [-0.25, -0.2) is 0 Å². The third-order valence-electron chi connectivity index (χ3n) is 5.62. The van der Waals surface area contributed by atoms with Gasteiger partial charge in [0, 0.05) is 12.1 Å². The van der Waals surface area contributed by atoms with Gasteiger partial charge >= 0.3 is 0 Å². The standard InChI is InChI=1S/C13H21NO/c1-14-10-6-7-11(14)12-13(8-10,15-12)9-4-2-3-5-9/h9-12H,2-8H2,1H3/t10?,11?,12?,13-/m1/s1. The first-order chi connectivity index (χ1) is 7.31. The Morgan fingerprint density at radius 2 is 1.93 bits per heavy atom. The van der Waals surface area contributed by atoms with E-state index in [0.29, 0.717) is 11.7 Å². The molecule has 84 valence electrons. The molecule has 3 saturated heterocycles. The van der Waals surface area contributed by atoms with E-state index in [0.717, 1.165) is 18.0 Å². The van der Waals surface area contributed by atoms with Crippen LogP contribution >= 0.6 is 0 Å². The van der Waals surface area contributed by atoms with Gasteiger partial charge < -0.3 is 4.74 Å². The monoisotopic (exact) mass is 207 g/mol. The molecule has 1 aliphatic carbocycles. The quantitative estimate of drug-likeness (QED) is 0.613. The Balaban J connectivity index is 1.62. The number of epoxide rings is 1. The zero-order chi connectivity index (χ0) is 10.0. The van der Waals surface area contributed by atoms with E-state index in [4.69, 9.17) is 4.74 Å². The second kappa shape index (κ2) is 2.78. The zero-order valence-electron chi connectivity index (χ0n) is 9.61. The number of rotatable bonds is 1.